The van der Waals surface area contributed by atoms with Crippen molar-refractivity contribution in [1.29, 1.82) is 0 Å². The third-order valence-electron chi connectivity index (χ3n) is 4.98. The fourth-order valence-electron chi connectivity index (χ4n) is 3.38. The summed E-state index contributed by atoms with van der Waals surface area (Å²) in [5.41, 5.74) is 6.05. The summed E-state index contributed by atoms with van der Waals surface area (Å²) < 4.78 is 1.91. The van der Waals surface area contributed by atoms with Crippen LogP contribution in [-0.2, 0) is 12.0 Å². The zero-order valence-corrected chi connectivity index (χ0v) is 18.0. The number of nitrogens with one attached hydrogen (secondary N) is 1. The van der Waals surface area contributed by atoms with Gasteiger partial charge >= 0.3 is 0 Å². The molecule has 4 nitrogen and oxygen atoms in total. The molecule has 0 saturated heterocycles. The van der Waals surface area contributed by atoms with E-state index < -0.39 is 0 Å². The third-order valence-corrected chi connectivity index (χ3v) is 5.23. The lowest BCUT2D eigenvalue weighted by Crippen LogP contribution is -2.16. The van der Waals surface area contributed by atoms with Gasteiger partial charge in [0, 0.05) is 28.6 Å². The van der Waals surface area contributed by atoms with Gasteiger partial charge in [-0.3, -0.25) is 0 Å². The molecule has 0 bridgehead atoms. The first kappa shape index (κ1) is 19.5. The zero-order valence-electron chi connectivity index (χ0n) is 17.2. The maximum Gasteiger partial charge on any atom is 0.165 e. The summed E-state index contributed by atoms with van der Waals surface area (Å²) in [6.07, 6.45) is 0. The molecule has 0 radical (unpaired) electrons. The number of benzene rings is 2. The van der Waals surface area contributed by atoms with Crippen molar-refractivity contribution in [1.82, 2.24) is 14.6 Å². The highest BCUT2D eigenvalue weighted by molar-refractivity contribution is 6.30. The van der Waals surface area contributed by atoms with E-state index >= 15 is 0 Å². The molecular formula is C24H25ClN4. The van der Waals surface area contributed by atoms with Crippen molar-refractivity contribution in [2.24, 2.45) is 0 Å². The number of nitrogens with zero attached hydrogens (tertiary/aromatic N) is 3. The number of halogens is 1. The molecule has 4 rings (SSSR count). The predicted octanol–water partition coefficient (Wildman–Crippen LogP) is 6.27. The average molecular weight is 405 g/mol. The summed E-state index contributed by atoms with van der Waals surface area (Å²) in [6.45, 7) is 9.28. The fraction of sp³-hybridized carbons (Fsp3) is 0.250. The van der Waals surface area contributed by atoms with Gasteiger partial charge < -0.3 is 5.32 Å². The molecule has 0 aliphatic heterocycles. The molecule has 4 aromatic rings. The van der Waals surface area contributed by atoms with Crippen LogP contribution in [0.1, 0.15) is 37.7 Å². The van der Waals surface area contributed by atoms with Crippen LogP contribution in [0.25, 0.3) is 16.8 Å². The van der Waals surface area contributed by atoms with Gasteiger partial charge in [0.2, 0.25) is 0 Å². The first-order valence-electron chi connectivity index (χ1n) is 9.77. The van der Waals surface area contributed by atoms with Crippen LogP contribution in [0.2, 0.25) is 5.02 Å². The van der Waals surface area contributed by atoms with E-state index in [1.165, 1.54) is 5.56 Å². The van der Waals surface area contributed by atoms with Gasteiger partial charge in [-0.2, -0.15) is 9.61 Å². The summed E-state index contributed by atoms with van der Waals surface area (Å²) >= 11 is 6.09. The van der Waals surface area contributed by atoms with Gasteiger partial charge in [0.1, 0.15) is 5.82 Å². The van der Waals surface area contributed by atoms with Crippen molar-refractivity contribution >= 4 is 23.1 Å². The van der Waals surface area contributed by atoms with E-state index in [0.717, 1.165) is 45.5 Å². The Morgan fingerprint density at radius 3 is 2.34 bits per heavy atom. The number of aromatic nitrogens is 3. The molecule has 0 atom stereocenters. The quantitative estimate of drug-likeness (QED) is 0.436. The van der Waals surface area contributed by atoms with Crippen LogP contribution in [0, 0.1) is 6.92 Å². The second kappa shape index (κ2) is 7.53. The minimum Gasteiger partial charge on any atom is -0.366 e. The number of aryl methyl sites for hydroxylation is 1. The summed E-state index contributed by atoms with van der Waals surface area (Å²) in [6, 6.07) is 20.3. The van der Waals surface area contributed by atoms with Crippen LogP contribution in [-0.4, -0.2) is 14.6 Å². The molecule has 5 heteroatoms. The van der Waals surface area contributed by atoms with Gasteiger partial charge in [0.05, 0.1) is 11.4 Å². The lowest BCUT2D eigenvalue weighted by Gasteiger charge is -2.20. The second-order valence-electron chi connectivity index (χ2n) is 8.32. The molecule has 2 aromatic heterocycles. The Bertz CT molecular complexity index is 1140. The molecule has 0 fully saturated rings. The monoisotopic (exact) mass is 404 g/mol. The van der Waals surface area contributed by atoms with Gasteiger partial charge in [-0.25, -0.2) is 4.98 Å². The maximum absolute atomic E-state index is 6.09. The van der Waals surface area contributed by atoms with E-state index in [0.29, 0.717) is 0 Å². The SMILES string of the molecule is Cc1nn2c(NCc3ccccc3)cc(C(C)(C)C)nc2c1-c1ccc(Cl)cc1. The summed E-state index contributed by atoms with van der Waals surface area (Å²) in [5.74, 6) is 0.937. The van der Waals surface area contributed by atoms with Crippen LogP contribution in [0.5, 0.6) is 0 Å². The largest absolute Gasteiger partial charge is 0.366 e. The molecule has 0 unspecified atom stereocenters. The third kappa shape index (κ3) is 3.99. The highest BCUT2D eigenvalue weighted by Crippen LogP contribution is 2.32. The first-order valence-corrected chi connectivity index (χ1v) is 10.2. The summed E-state index contributed by atoms with van der Waals surface area (Å²) in [7, 11) is 0. The van der Waals surface area contributed by atoms with Crippen LogP contribution < -0.4 is 5.32 Å². The lowest BCUT2D eigenvalue weighted by molar-refractivity contribution is 0.568. The highest BCUT2D eigenvalue weighted by Gasteiger charge is 2.22. The Hall–Kier alpha value is -2.85. The van der Waals surface area contributed by atoms with E-state index in [4.69, 9.17) is 21.7 Å². The number of anilines is 1. The number of hydrogen-bond acceptors (Lipinski definition) is 3. The standard InChI is InChI=1S/C24H25ClN4/c1-16-22(18-10-12-19(25)13-11-18)23-27-20(24(2,3)4)14-21(29(23)28-16)26-15-17-8-6-5-7-9-17/h5-14,26H,15H2,1-4H3. The Morgan fingerprint density at radius 1 is 1.00 bits per heavy atom. The molecule has 0 amide bonds. The van der Waals surface area contributed by atoms with Crippen LogP contribution in [0.3, 0.4) is 0 Å². The molecule has 29 heavy (non-hydrogen) atoms. The molecule has 0 aliphatic carbocycles. The van der Waals surface area contributed by atoms with Crippen molar-refractivity contribution in [3.63, 3.8) is 0 Å². The lowest BCUT2D eigenvalue weighted by atomic mass is 9.92. The van der Waals surface area contributed by atoms with Crippen molar-refractivity contribution in [3.05, 3.63) is 82.6 Å². The van der Waals surface area contributed by atoms with Crippen LogP contribution in [0.4, 0.5) is 5.82 Å². The minimum atomic E-state index is -0.0830. The van der Waals surface area contributed by atoms with Crippen LogP contribution in [0.15, 0.2) is 60.7 Å². The highest BCUT2D eigenvalue weighted by atomic mass is 35.5. The van der Waals surface area contributed by atoms with E-state index in [-0.39, 0.29) is 5.41 Å². The second-order valence-corrected chi connectivity index (χ2v) is 8.75. The molecule has 1 N–H and O–H groups in total. The van der Waals surface area contributed by atoms with Gasteiger partial charge in [0.15, 0.2) is 5.65 Å². The average Bonchev–Trinajstić information content (AvgIpc) is 3.03. The molecule has 148 valence electrons. The fourth-order valence-corrected chi connectivity index (χ4v) is 3.50. The van der Waals surface area contributed by atoms with Gasteiger partial charge in [-0.15, -0.1) is 0 Å². The molecule has 2 aromatic carbocycles. The van der Waals surface area contributed by atoms with Crippen molar-refractivity contribution in [2.45, 2.75) is 39.7 Å². The van der Waals surface area contributed by atoms with E-state index in [1.807, 2.05) is 41.8 Å². The van der Waals surface area contributed by atoms with Gasteiger partial charge in [0.25, 0.3) is 0 Å². The molecule has 0 aliphatic rings. The molecule has 2 heterocycles. The molecule has 0 saturated carbocycles. The Balaban J connectivity index is 1.86. The van der Waals surface area contributed by atoms with Crippen molar-refractivity contribution in [3.8, 4) is 11.1 Å². The number of fused-ring (bicyclic) bond motifs is 1. The molecule has 0 spiro atoms. The smallest absolute Gasteiger partial charge is 0.165 e. The van der Waals surface area contributed by atoms with E-state index in [2.05, 4.69) is 56.4 Å². The maximum atomic E-state index is 6.09. The minimum absolute atomic E-state index is 0.0830. The number of hydrogen-bond donors (Lipinski definition) is 1. The summed E-state index contributed by atoms with van der Waals surface area (Å²) in [4.78, 5) is 5.01. The molecular weight excluding hydrogens is 380 g/mol. The predicted molar refractivity (Wildman–Crippen MR) is 121 cm³/mol. The first-order chi connectivity index (χ1) is 13.8. The number of rotatable bonds is 4. The summed E-state index contributed by atoms with van der Waals surface area (Å²) in [5, 5.41) is 9.08. The Labute approximate surface area is 176 Å². The van der Waals surface area contributed by atoms with Crippen molar-refractivity contribution < 1.29 is 0 Å². The topological polar surface area (TPSA) is 42.2 Å². The normalized spacial score (nSPS) is 11.8. The zero-order chi connectivity index (χ0) is 20.6. The Kier molecular flexibility index (Phi) is 5.05. The van der Waals surface area contributed by atoms with E-state index in [1.54, 1.807) is 0 Å². The van der Waals surface area contributed by atoms with Crippen molar-refractivity contribution in [2.75, 3.05) is 5.32 Å². The van der Waals surface area contributed by atoms with Gasteiger partial charge in [-0.05, 0) is 30.2 Å². The van der Waals surface area contributed by atoms with Gasteiger partial charge in [-0.1, -0.05) is 74.8 Å². The Morgan fingerprint density at radius 2 is 1.69 bits per heavy atom. The van der Waals surface area contributed by atoms with Crippen LogP contribution >= 0.6 is 11.6 Å². The van der Waals surface area contributed by atoms with E-state index in [9.17, 15) is 0 Å².